The molecule has 0 unspecified atom stereocenters. The Labute approximate surface area is 193 Å². The molecule has 1 aliphatic rings. The normalized spacial score (nSPS) is 15.5. The fourth-order valence-electron chi connectivity index (χ4n) is 4.15. The number of esters is 2. The highest BCUT2D eigenvalue weighted by Crippen LogP contribution is 2.33. The lowest BCUT2D eigenvalue weighted by Gasteiger charge is -2.34. The second-order valence-electron chi connectivity index (χ2n) is 7.94. The fraction of sp³-hybridized carbons (Fsp3) is 0.435. The maximum absolute atomic E-state index is 12.7. The molecule has 1 aromatic heterocycles. The van der Waals surface area contributed by atoms with Gasteiger partial charge < -0.3 is 14.8 Å². The molecule has 1 saturated carbocycles. The lowest BCUT2D eigenvalue weighted by molar-refractivity contribution is -0.160. The Morgan fingerprint density at radius 3 is 2.15 bits per heavy atom. The molecule has 0 amide bonds. The number of nitrogens with one attached hydrogen (secondary N) is 2. The summed E-state index contributed by atoms with van der Waals surface area (Å²) in [6, 6.07) is 10.5. The number of carbonyl (C=O) groups is 2. The summed E-state index contributed by atoms with van der Waals surface area (Å²) in [7, 11) is -1.34. The summed E-state index contributed by atoms with van der Waals surface area (Å²) >= 11 is 0. The van der Waals surface area contributed by atoms with Crippen LogP contribution in [0.5, 0.6) is 0 Å². The Kier molecular flexibility index (Phi) is 8.26. The second kappa shape index (κ2) is 11.1. The van der Waals surface area contributed by atoms with Gasteiger partial charge in [0.15, 0.2) is 5.92 Å². The summed E-state index contributed by atoms with van der Waals surface area (Å²) in [5, 5.41) is 3.28. The summed E-state index contributed by atoms with van der Waals surface area (Å²) < 4.78 is 37.5. The molecule has 1 heterocycles. The standard InChI is InChI=1S/C23H29N3O6S/c1-31-22(27)20(23(28)32-2)21(16-8-4-3-5-9-16)25-17-11-13-18(14-12-17)33(29,30)26-19-10-6-7-15-24-19/h6-7,10-16,20-21,25H,3-5,8-9H2,1-2H3,(H,24,26)/t21-/m0/s1. The molecule has 0 spiro atoms. The molecule has 2 aromatic rings. The van der Waals surface area contributed by atoms with Crippen LogP contribution in [0.4, 0.5) is 11.5 Å². The lowest BCUT2D eigenvalue weighted by atomic mass is 9.78. The van der Waals surface area contributed by atoms with Crippen molar-refractivity contribution in [2.45, 2.75) is 43.0 Å². The van der Waals surface area contributed by atoms with Crippen LogP contribution in [-0.2, 0) is 29.1 Å². The van der Waals surface area contributed by atoms with Crippen molar-refractivity contribution in [1.82, 2.24) is 4.98 Å². The molecule has 178 valence electrons. The van der Waals surface area contributed by atoms with Crippen LogP contribution >= 0.6 is 0 Å². The van der Waals surface area contributed by atoms with E-state index in [9.17, 15) is 18.0 Å². The van der Waals surface area contributed by atoms with Crippen LogP contribution in [0.2, 0.25) is 0 Å². The van der Waals surface area contributed by atoms with Gasteiger partial charge in [-0.15, -0.1) is 0 Å². The van der Waals surface area contributed by atoms with Gasteiger partial charge in [0.25, 0.3) is 10.0 Å². The topological polar surface area (TPSA) is 124 Å². The average molecular weight is 476 g/mol. The smallest absolute Gasteiger partial charge is 0.322 e. The number of ether oxygens (including phenoxy) is 2. The highest BCUT2D eigenvalue weighted by molar-refractivity contribution is 7.92. The third-order valence-corrected chi connectivity index (χ3v) is 7.20. The van der Waals surface area contributed by atoms with Crippen molar-refractivity contribution in [3.63, 3.8) is 0 Å². The lowest BCUT2D eigenvalue weighted by Crippen LogP contribution is -2.46. The van der Waals surface area contributed by atoms with Crippen LogP contribution in [-0.4, -0.2) is 45.6 Å². The zero-order chi connectivity index (χ0) is 23.8. The molecule has 0 radical (unpaired) electrons. The Morgan fingerprint density at radius 1 is 0.970 bits per heavy atom. The molecule has 1 aromatic carbocycles. The van der Waals surface area contributed by atoms with Crippen molar-refractivity contribution in [2.75, 3.05) is 24.3 Å². The number of rotatable bonds is 9. The number of hydrogen-bond acceptors (Lipinski definition) is 8. The van der Waals surface area contributed by atoms with E-state index in [2.05, 4.69) is 15.0 Å². The average Bonchev–Trinajstić information content (AvgIpc) is 2.84. The number of pyridine rings is 1. The van der Waals surface area contributed by atoms with Crippen molar-refractivity contribution in [3.8, 4) is 0 Å². The molecule has 9 nitrogen and oxygen atoms in total. The monoisotopic (exact) mass is 475 g/mol. The predicted octanol–water partition coefficient (Wildman–Crippen LogP) is 3.21. The van der Waals surface area contributed by atoms with Crippen LogP contribution in [0, 0.1) is 11.8 Å². The van der Waals surface area contributed by atoms with E-state index in [1.54, 1.807) is 30.3 Å². The molecule has 0 saturated heterocycles. The van der Waals surface area contributed by atoms with E-state index in [0.29, 0.717) is 5.69 Å². The molecular formula is C23H29N3O6S. The number of nitrogens with zero attached hydrogens (tertiary/aromatic N) is 1. The van der Waals surface area contributed by atoms with Gasteiger partial charge in [0, 0.05) is 11.9 Å². The minimum absolute atomic E-state index is 0.0606. The molecular weight excluding hydrogens is 446 g/mol. The molecule has 10 heteroatoms. The first-order valence-electron chi connectivity index (χ1n) is 10.8. The SMILES string of the molecule is COC(=O)C(C(=O)OC)[C@@H](Nc1ccc(S(=O)(=O)Nc2ccccn2)cc1)C1CCCCC1. The largest absolute Gasteiger partial charge is 0.468 e. The van der Waals surface area contributed by atoms with E-state index < -0.39 is 33.9 Å². The molecule has 1 aliphatic carbocycles. The Balaban J connectivity index is 1.83. The zero-order valence-electron chi connectivity index (χ0n) is 18.7. The summed E-state index contributed by atoms with van der Waals surface area (Å²) in [6.07, 6.45) is 6.35. The highest BCUT2D eigenvalue weighted by Gasteiger charge is 2.41. The highest BCUT2D eigenvalue weighted by atomic mass is 32.2. The van der Waals surface area contributed by atoms with Crippen LogP contribution in [0.1, 0.15) is 32.1 Å². The number of benzene rings is 1. The van der Waals surface area contributed by atoms with Gasteiger partial charge in [0.05, 0.1) is 25.2 Å². The van der Waals surface area contributed by atoms with Crippen molar-refractivity contribution in [1.29, 1.82) is 0 Å². The van der Waals surface area contributed by atoms with Gasteiger partial charge in [-0.05, 0) is 55.2 Å². The number of methoxy groups -OCH3 is 2. The second-order valence-corrected chi connectivity index (χ2v) is 9.62. The Bertz CT molecular complexity index is 1020. The van der Waals surface area contributed by atoms with Crippen LogP contribution in [0.15, 0.2) is 53.6 Å². The first-order chi connectivity index (χ1) is 15.9. The van der Waals surface area contributed by atoms with Gasteiger partial charge in [-0.2, -0.15) is 0 Å². The number of sulfonamides is 1. The number of carbonyl (C=O) groups excluding carboxylic acids is 2. The van der Waals surface area contributed by atoms with Gasteiger partial charge in [-0.25, -0.2) is 13.4 Å². The third-order valence-electron chi connectivity index (χ3n) is 5.83. The first-order valence-corrected chi connectivity index (χ1v) is 12.3. The maximum Gasteiger partial charge on any atom is 0.322 e. The quantitative estimate of drug-likeness (QED) is 0.419. The molecule has 33 heavy (non-hydrogen) atoms. The Morgan fingerprint density at radius 2 is 1.61 bits per heavy atom. The van der Waals surface area contributed by atoms with E-state index >= 15 is 0 Å². The van der Waals surface area contributed by atoms with Gasteiger partial charge in [-0.3, -0.25) is 14.3 Å². The third kappa shape index (κ3) is 6.22. The van der Waals surface area contributed by atoms with Crippen molar-refractivity contribution in [2.24, 2.45) is 11.8 Å². The van der Waals surface area contributed by atoms with E-state index in [1.165, 1.54) is 32.5 Å². The summed E-state index contributed by atoms with van der Waals surface area (Å²) in [5.41, 5.74) is 0.583. The van der Waals surface area contributed by atoms with Crippen molar-refractivity contribution < 1.29 is 27.5 Å². The van der Waals surface area contributed by atoms with Crippen LogP contribution in [0.3, 0.4) is 0 Å². The fourth-order valence-corrected chi connectivity index (χ4v) is 5.16. The van der Waals surface area contributed by atoms with Crippen molar-refractivity contribution >= 4 is 33.5 Å². The summed E-state index contributed by atoms with van der Waals surface area (Å²) in [4.78, 5) is 29.0. The molecule has 1 fully saturated rings. The molecule has 0 aliphatic heterocycles. The van der Waals surface area contributed by atoms with E-state index in [-0.39, 0.29) is 16.6 Å². The van der Waals surface area contributed by atoms with E-state index in [0.717, 1.165) is 32.1 Å². The number of aromatic nitrogens is 1. The number of hydrogen-bond donors (Lipinski definition) is 2. The van der Waals surface area contributed by atoms with E-state index in [4.69, 9.17) is 9.47 Å². The molecule has 0 bridgehead atoms. The summed E-state index contributed by atoms with van der Waals surface area (Å²) in [5.74, 6) is -2.17. The molecule has 2 N–H and O–H groups in total. The minimum Gasteiger partial charge on any atom is -0.468 e. The van der Waals surface area contributed by atoms with Gasteiger partial charge in [-0.1, -0.05) is 25.3 Å². The first kappa shape index (κ1) is 24.5. The Hall–Kier alpha value is -3.14. The zero-order valence-corrected chi connectivity index (χ0v) is 19.5. The number of anilines is 2. The van der Waals surface area contributed by atoms with Gasteiger partial charge >= 0.3 is 11.9 Å². The van der Waals surface area contributed by atoms with Crippen LogP contribution < -0.4 is 10.0 Å². The molecule has 1 atom stereocenters. The predicted molar refractivity (Wildman–Crippen MR) is 123 cm³/mol. The maximum atomic E-state index is 12.7. The van der Waals surface area contributed by atoms with Crippen molar-refractivity contribution in [3.05, 3.63) is 48.7 Å². The van der Waals surface area contributed by atoms with Crippen LogP contribution in [0.25, 0.3) is 0 Å². The summed E-state index contributed by atoms with van der Waals surface area (Å²) in [6.45, 7) is 0. The van der Waals surface area contributed by atoms with Gasteiger partial charge in [0.2, 0.25) is 0 Å². The van der Waals surface area contributed by atoms with Gasteiger partial charge in [0.1, 0.15) is 5.82 Å². The molecule has 3 rings (SSSR count). The minimum atomic E-state index is -3.82. The van der Waals surface area contributed by atoms with E-state index in [1.807, 2.05) is 0 Å².